The van der Waals surface area contributed by atoms with E-state index in [9.17, 15) is 4.79 Å². The van der Waals surface area contributed by atoms with Crippen LogP contribution >= 0.6 is 35.6 Å². The molecule has 0 aliphatic carbocycles. The summed E-state index contributed by atoms with van der Waals surface area (Å²) in [6.07, 6.45) is 3.45. The SMILES string of the molecule is CNC1CCCN(C(=O)CCc2ccc(Cl)c(Cl)c2)C1.Cl. The minimum absolute atomic E-state index is 0. The first-order valence-electron chi connectivity index (χ1n) is 6.99. The number of nitrogens with zero attached hydrogens (tertiary/aromatic N) is 1. The van der Waals surface area contributed by atoms with Crippen LogP contribution in [0.4, 0.5) is 0 Å². The summed E-state index contributed by atoms with van der Waals surface area (Å²) in [5.41, 5.74) is 1.05. The highest BCUT2D eigenvalue weighted by molar-refractivity contribution is 6.42. The van der Waals surface area contributed by atoms with Gasteiger partial charge in [-0.3, -0.25) is 4.79 Å². The number of hydrogen-bond acceptors (Lipinski definition) is 2. The number of hydrogen-bond donors (Lipinski definition) is 1. The van der Waals surface area contributed by atoms with Crippen molar-refractivity contribution in [1.82, 2.24) is 10.2 Å². The van der Waals surface area contributed by atoms with E-state index in [-0.39, 0.29) is 18.3 Å². The van der Waals surface area contributed by atoms with Crippen LogP contribution in [-0.2, 0) is 11.2 Å². The monoisotopic (exact) mass is 350 g/mol. The van der Waals surface area contributed by atoms with E-state index < -0.39 is 0 Å². The molecule has 0 bridgehead atoms. The third-order valence-electron chi connectivity index (χ3n) is 3.79. The molecule has 0 aromatic heterocycles. The number of carbonyl (C=O) groups excluding carboxylic acids is 1. The third kappa shape index (κ3) is 5.33. The minimum Gasteiger partial charge on any atom is -0.341 e. The largest absolute Gasteiger partial charge is 0.341 e. The molecule has 1 aliphatic rings. The molecule has 6 heteroatoms. The van der Waals surface area contributed by atoms with Crippen LogP contribution in [0.15, 0.2) is 18.2 Å². The van der Waals surface area contributed by atoms with Gasteiger partial charge >= 0.3 is 0 Å². The maximum atomic E-state index is 12.2. The summed E-state index contributed by atoms with van der Waals surface area (Å²) in [4.78, 5) is 14.2. The van der Waals surface area contributed by atoms with Gasteiger partial charge in [-0.1, -0.05) is 29.3 Å². The molecule has 1 unspecified atom stereocenters. The molecule has 1 saturated heterocycles. The predicted octanol–water partition coefficient (Wildman–Crippen LogP) is 3.56. The molecule has 3 nitrogen and oxygen atoms in total. The quantitative estimate of drug-likeness (QED) is 0.899. The number of likely N-dealkylation sites (N-methyl/N-ethyl adjacent to an activating group) is 1. The van der Waals surface area contributed by atoms with Crippen LogP contribution < -0.4 is 5.32 Å². The molecule has 1 heterocycles. The Morgan fingerprint density at radius 2 is 2.14 bits per heavy atom. The summed E-state index contributed by atoms with van der Waals surface area (Å²) in [5, 5.41) is 4.35. The lowest BCUT2D eigenvalue weighted by Gasteiger charge is -2.32. The van der Waals surface area contributed by atoms with Crippen LogP contribution in [0, 0.1) is 0 Å². The van der Waals surface area contributed by atoms with E-state index >= 15 is 0 Å². The second-order valence-corrected chi connectivity index (χ2v) is 6.03. The number of amides is 1. The van der Waals surface area contributed by atoms with E-state index in [0.29, 0.717) is 28.9 Å². The lowest BCUT2D eigenvalue weighted by Crippen LogP contribution is -2.47. The molecule has 1 atom stereocenters. The van der Waals surface area contributed by atoms with E-state index in [1.54, 1.807) is 6.07 Å². The first-order valence-corrected chi connectivity index (χ1v) is 7.74. The Morgan fingerprint density at radius 3 is 2.81 bits per heavy atom. The molecule has 0 radical (unpaired) electrons. The predicted molar refractivity (Wildman–Crippen MR) is 90.7 cm³/mol. The summed E-state index contributed by atoms with van der Waals surface area (Å²) in [7, 11) is 1.95. The summed E-state index contributed by atoms with van der Waals surface area (Å²) in [6, 6.07) is 5.97. The van der Waals surface area contributed by atoms with Crippen LogP contribution in [0.5, 0.6) is 0 Å². The Kier molecular flexibility index (Phi) is 7.82. The average Bonchev–Trinajstić information content (AvgIpc) is 2.48. The van der Waals surface area contributed by atoms with Crippen LogP contribution in [0.25, 0.3) is 0 Å². The summed E-state index contributed by atoms with van der Waals surface area (Å²) in [5.74, 6) is 0.219. The zero-order valence-corrected chi connectivity index (χ0v) is 14.4. The highest BCUT2D eigenvalue weighted by Gasteiger charge is 2.22. The van der Waals surface area contributed by atoms with Crippen molar-refractivity contribution >= 4 is 41.5 Å². The normalized spacial score (nSPS) is 18.2. The number of aryl methyl sites for hydroxylation is 1. The molecule has 1 N–H and O–H groups in total. The Hall–Kier alpha value is -0.480. The fourth-order valence-corrected chi connectivity index (χ4v) is 2.86. The van der Waals surface area contributed by atoms with Gasteiger partial charge in [0.05, 0.1) is 10.0 Å². The molecule has 2 rings (SSSR count). The van der Waals surface area contributed by atoms with Gasteiger partial charge in [-0.15, -0.1) is 12.4 Å². The number of halogens is 3. The summed E-state index contributed by atoms with van der Waals surface area (Å²) in [6.45, 7) is 1.69. The molecule has 1 amide bonds. The summed E-state index contributed by atoms with van der Waals surface area (Å²) < 4.78 is 0. The van der Waals surface area contributed by atoms with E-state index in [1.807, 2.05) is 24.1 Å². The molecular weight excluding hydrogens is 331 g/mol. The lowest BCUT2D eigenvalue weighted by molar-refractivity contribution is -0.132. The molecule has 0 spiro atoms. The van der Waals surface area contributed by atoms with Gasteiger partial charge in [-0.25, -0.2) is 0 Å². The van der Waals surface area contributed by atoms with Crippen LogP contribution in [0.2, 0.25) is 10.0 Å². The van der Waals surface area contributed by atoms with Gasteiger partial charge in [0.15, 0.2) is 0 Å². The Bertz CT molecular complexity index is 482. The van der Waals surface area contributed by atoms with E-state index in [0.717, 1.165) is 31.5 Å². The number of piperidine rings is 1. The molecule has 1 fully saturated rings. The molecular formula is C15H21Cl3N2O. The highest BCUT2D eigenvalue weighted by atomic mass is 35.5. The van der Waals surface area contributed by atoms with Gasteiger partial charge in [0.25, 0.3) is 0 Å². The molecule has 0 saturated carbocycles. The smallest absolute Gasteiger partial charge is 0.222 e. The van der Waals surface area contributed by atoms with Crippen molar-refractivity contribution < 1.29 is 4.79 Å². The minimum atomic E-state index is 0. The van der Waals surface area contributed by atoms with Crippen molar-refractivity contribution in [2.45, 2.75) is 31.7 Å². The van der Waals surface area contributed by atoms with Gasteiger partial charge < -0.3 is 10.2 Å². The summed E-state index contributed by atoms with van der Waals surface area (Å²) >= 11 is 11.9. The Labute approximate surface area is 142 Å². The van der Waals surface area contributed by atoms with E-state index in [4.69, 9.17) is 23.2 Å². The van der Waals surface area contributed by atoms with Crippen molar-refractivity contribution in [3.05, 3.63) is 33.8 Å². The van der Waals surface area contributed by atoms with Gasteiger partial charge in [0.2, 0.25) is 5.91 Å². The highest BCUT2D eigenvalue weighted by Crippen LogP contribution is 2.23. The zero-order chi connectivity index (χ0) is 14.5. The van der Waals surface area contributed by atoms with E-state index in [1.165, 1.54) is 0 Å². The topological polar surface area (TPSA) is 32.3 Å². The second kappa shape index (κ2) is 8.84. The second-order valence-electron chi connectivity index (χ2n) is 5.22. The van der Waals surface area contributed by atoms with Crippen molar-refractivity contribution in [3.63, 3.8) is 0 Å². The zero-order valence-electron chi connectivity index (χ0n) is 12.1. The first kappa shape index (κ1) is 18.6. The van der Waals surface area contributed by atoms with Crippen molar-refractivity contribution in [2.24, 2.45) is 0 Å². The van der Waals surface area contributed by atoms with Crippen molar-refractivity contribution in [3.8, 4) is 0 Å². The van der Waals surface area contributed by atoms with Crippen molar-refractivity contribution in [2.75, 3.05) is 20.1 Å². The molecule has 1 aromatic rings. The lowest BCUT2D eigenvalue weighted by atomic mass is 10.0. The molecule has 21 heavy (non-hydrogen) atoms. The number of likely N-dealkylation sites (tertiary alicyclic amines) is 1. The maximum absolute atomic E-state index is 12.2. The third-order valence-corrected chi connectivity index (χ3v) is 4.53. The number of rotatable bonds is 4. The number of carbonyl (C=O) groups is 1. The van der Waals surface area contributed by atoms with Crippen LogP contribution in [0.3, 0.4) is 0 Å². The van der Waals surface area contributed by atoms with Gasteiger partial charge in [-0.2, -0.15) is 0 Å². The van der Waals surface area contributed by atoms with Crippen LogP contribution in [0.1, 0.15) is 24.8 Å². The van der Waals surface area contributed by atoms with E-state index in [2.05, 4.69) is 5.32 Å². The maximum Gasteiger partial charge on any atom is 0.222 e. The van der Waals surface area contributed by atoms with Gasteiger partial charge in [0.1, 0.15) is 0 Å². The average molecular weight is 352 g/mol. The van der Waals surface area contributed by atoms with Crippen molar-refractivity contribution in [1.29, 1.82) is 0 Å². The first-order chi connectivity index (χ1) is 9.60. The fourth-order valence-electron chi connectivity index (χ4n) is 2.54. The van der Waals surface area contributed by atoms with Gasteiger partial charge in [-0.05, 0) is 44.0 Å². The fraction of sp³-hybridized carbons (Fsp3) is 0.533. The Morgan fingerprint density at radius 1 is 1.38 bits per heavy atom. The molecule has 118 valence electrons. The molecule has 1 aliphatic heterocycles. The van der Waals surface area contributed by atoms with Crippen LogP contribution in [-0.4, -0.2) is 37.0 Å². The Balaban J connectivity index is 0.00000220. The number of benzene rings is 1. The van der Waals surface area contributed by atoms with Gasteiger partial charge in [0, 0.05) is 25.6 Å². The molecule has 1 aromatic carbocycles. The standard InChI is InChI=1S/C15H20Cl2N2O.ClH/c1-18-12-3-2-8-19(10-12)15(20)7-5-11-4-6-13(16)14(17)9-11;/h4,6,9,12,18H,2-3,5,7-8,10H2,1H3;1H. The number of nitrogens with one attached hydrogen (secondary N) is 1.